The first-order valence-electron chi connectivity index (χ1n) is 6.11. The maximum atomic E-state index is 12.0. The number of aryl methyl sites for hydroxylation is 1. The highest BCUT2D eigenvalue weighted by Gasteiger charge is 2.13. The van der Waals surface area contributed by atoms with Gasteiger partial charge in [0, 0.05) is 24.1 Å². The second kappa shape index (κ2) is 6.78. The maximum Gasteiger partial charge on any atom is 0.260 e. The highest BCUT2D eigenvalue weighted by molar-refractivity contribution is 6.34. The molecular formula is C13H14Cl2N4O2. The molecule has 1 aromatic carbocycles. The third-order valence-electron chi connectivity index (χ3n) is 2.81. The topological polar surface area (TPSA) is 60.2 Å². The molecule has 0 unspecified atom stereocenters. The van der Waals surface area contributed by atoms with Gasteiger partial charge in [-0.25, -0.2) is 4.98 Å². The molecule has 0 N–H and O–H groups in total. The van der Waals surface area contributed by atoms with Crippen LogP contribution < -0.4 is 4.74 Å². The summed E-state index contributed by atoms with van der Waals surface area (Å²) >= 11 is 11.7. The molecule has 1 amide bonds. The summed E-state index contributed by atoms with van der Waals surface area (Å²) in [6, 6.07) is 4.80. The van der Waals surface area contributed by atoms with Gasteiger partial charge in [-0.1, -0.05) is 23.2 Å². The number of carbonyl (C=O) groups is 1. The van der Waals surface area contributed by atoms with Gasteiger partial charge in [-0.05, 0) is 18.2 Å². The average molecular weight is 329 g/mol. The van der Waals surface area contributed by atoms with E-state index in [0.717, 1.165) is 0 Å². The number of benzene rings is 1. The van der Waals surface area contributed by atoms with E-state index in [1.54, 1.807) is 37.0 Å². The van der Waals surface area contributed by atoms with E-state index in [0.29, 0.717) is 28.2 Å². The zero-order chi connectivity index (χ0) is 15.4. The van der Waals surface area contributed by atoms with Crippen molar-refractivity contribution in [2.24, 2.45) is 7.05 Å². The van der Waals surface area contributed by atoms with Crippen LogP contribution in [0.4, 0.5) is 0 Å². The summed E-state index contributed by atoms with van der Waals surface area (Å²) in [5.41, 5.74) is 0. The molecule has 0 radical (unpaired) electrons. The van der Waals surface area contributed by atoms with Crippen LogP contribution in [0.25, 0.3) is 0 Å². The first-order valence-corrected chi connectivity index (χ1v) is 6.87. The molecule has 8 heteroatoms. The molecule has 0 bridgehead atoms. The van der Waals surface area contributed by atoms with Gasteiger partial charge in [-0.2, -0.15) is 5.10 Å². The zero-order valence-corrected chi connectivity index (χ0v) is 13.1. The number of hydrogen-bond acceptors (Lipinski definition) is 4. The Morgan fingerprint density at radius 2 is 2.00 bits per heavy atom. The van der Waals surface area contributed by atoms with E-state index >= 15 is 0 Å². The van der Waals surface area contributed by atoms with Gasteiger partial charge in [0.1, 0.15) is 17.9 Å². The van der Waals surface area contributed by atoms with Crippen LogP contribution in [0, 0.1) is 0 Å². The van der Waals surface area contributed by atoms with E-state index in [1.807, 2.05) is 0 Å². The highest BCUT2D eigenvalue weighted by Crippen LogP contribution is 2.24. The van der Waals surface area contributed by atoms with Crippen LogP contribution in [-0.2, 0) is 18.4 Å². The monoisotopic (exact) mass is 328 g/mol. The lowest BCUT2D eigenvalue weighted by molar-refractivity contribution is -0.132. The zero-order valence-electron chi connectivity index (χ0n) is 11.6. The van der Waals surface area contributed by atoms with E-state index in [4.69, 9.17) is 27.9 Å². The van der Waals surface area contributed by atoms with Crippen molar-refractivity contribution < 1.29 is 9.53 Å². The molecule has 0 saturated carbocycles. The van der Waals surface area contributed by atoms with Crippen LogP contribution >= 0.6 is 23.2 Å². The number of halogens is 2. The Morgan fingerprint density at radius 1 is 1.33 bits per heavy atom. The lowest BCUT2D eigenvalue weighted by atomic mass is 10.3. The minimum Gasteiger partial charge on any atom is -0.484 e. The molecule has 0 spiro atoms. The van der Waals surface area contributed by atoms with Gasteiger partial charge >= 0.3 is 0 Å². The van der Waals surface area contributed by atoms with Crippen LogP contribution in [0.5, 0.6) is 5.75 Å². The number of amides is 1. The molecule has 1 heterocycles. The van der Waals surface area contributed by atoms with Crippen LogP contribution in [0.3, 0.4) is 0 Å². The van der Waals surface area contributed by atoms with Crippen molar-refractivity contribution in [2.45, 2.75) is 6.54 Å². The summed E-state index contributed by atoms with van der Waals surface area (Å²) in [5, 5.41) is 4.86. The Kier molecular flexibility index (Phi) is 5.03. The number of aromatic nitrogens is 3. The molecule has 0 saturated heterocycles. The van der Waals surface area contributed by atoms with E-state index in [1.165, 1.54) is 11.2 Å². The number of ether oxygens (including phenoxy) is 1. The maximum absolute atomic E-state index is 12.0. The van der Waals surface area contributed by atoms with Gasteiger partial charge in [-0.15, -0.1) is 0 Å². The van der Waals surface area contributed by atoms with E-state index in [2.05, 4.69) is 10.1 Å². The molecule has 21 heavy (non-hydrogen) atoms. The molecule has 2 rings (SSSR count). The molecule has 0 aliphatic carbocycles. The summed E-state index contributed by atoms with van der Waals surface area (Å²) in [6.07, 6.45) is 1.44. The van der Waals surface area contributed by atoms with Crippen LogP contribution in [-0.4, -0.2) is 39.2 Å². The number of likely N-dealkylation sites (N-methyl/N-ethyl adjacent to an activating group) is 1. The van der Waals surface area contributed by atoms with Crippen LogP contribution in [0.15, 0.2) is 24.5 Å². The second-order valence-corrected chi connectivity index (χ2v) is 5.32. The Morgan fingerprint density at radius 3 is 2.57 bits per heavy atom. The number of nitrogens with zero attached hydrogens (tertiary/aromatic N) is 4. The van der Waals surface area contributed by atoms with Gasteiger partial charge in [0.15, 0.2) is 6.61 Å². The van der Waals surface area contributed by atoms with Crippen molar-refractivity contribution in [1.29, 1.82) is 0 Å². The van der Waals surface area contributed by atoms with Crippen molar-refractivity contribution >= 4 is 29.1 Å². The normalized spacial score (nSPS) is 10.5. The van der Waals surface area contributed by atoms with Crippen LogP contribution in [0.1, 0.15) is 5.82 Å². The van der Waals surface area contributed by atoms with Crippen molar-refractivity contribution in [2.75, 3.05) is 13.7 Å². The minimum atomic E-state index is -0.186. The van der Waals surface area contributed by atoms with Crippen molar-refractivity contribution in [3.63, 3.8) is 0 Å². The van der Waals surface area contributed by atoms with Crippen LogP contribution in [0.2, 0.25) is 10.0 Å². The number of rotatable bonds is 5. The molecule has 1 aromatic heterocycles. The van der Waals surface area contributed by atoms with Gasteiger partial charge in [0.25, 0.3) is 5.91 Å². The number of hydrogen-bond donors (Lipinski definition) is 0. The summed E-state index contributed by atoms with van der Waals surface area (Å²) in [5.74, 6) is 0.957. The Bertz CT molecular complexity index is 625. The summed E-state index contributed by atoms with van der Waals surface area (Å²) in [6.45, 7) is 0.250. The standard InChI is InChI=1S/C13H14Cl2N4O2/c1-18(6-12-16-8-17-19(12)2)13(20)7-21-11-4-9(14)3-10(15)5-11/h3-5,8H,6-7H2,1-2H3. The predicted molar refractivity (Wildman–Crippen MR) is 79.4 cm³/mol. The average Bonchev–Trinajstić information content (AvgIpc) is 2.80. The van der Waals surface area contributed by atoms with Gasteiger partial charge in [-0.3, -0.25) is 9.48 Å². The smallest absolute Gasteiger partial charge is 0.260 e. The third-order valence-corrected chi connectivity index (χ3v) is 3.24. The SMILES string of the molecule is CN(Cc1ncnn1C)C(=O)COc1cc(Cl)cc(Cl)c1. The Labute approximate surface area is 132 Å². The molecule has 0 fully saturated rings. The molecule has 0 atom stereocenters. The quantitative estimate of drug-likeness (QED) is 0.843. The predicted octanol–water partition coefficient (Wildman–Crippen LogP) is 2.16. The molecule has 2 aromatic rings. The largest absolute Gasteiger partial charge is 0.484 e. The molecular weight excluding hydrogens is 315 g/mol. The summed E-state index contributed by atoms with van der Waals surface area (Å²) < 4.78 is 7.01. The third kappa shape index (κ3) is 4.34. The van der Waals surface area contributed by atoms with Crippen molar-refractivity contribution in [1.82, 2.24) is 19.7 Å². The van der Waals surface area contributed by atoms with Crippen molar-refractivity contribution in [3.8, 4) is 5.75 Å². The Balaban J connectivity index is 1.90. The summed E-state index contributed by atoms with van der Waals surface area (Å²) in [4.78, 5) is 17.6. The summed E-state index contributed by atoms with van der Waals surface area (Å²) in [7, 11) is 3.44. The fourth-order valence-corrected chi connectivity index (χ4v) is 2.14. The minimum absolute atomic E-state index is 0.106. The van der Waals surface area contributed by atoms with E-state index in [9.17, 15) is 4.79 Å². The highest BCUT2D eigenvalue weighted by atomic mass is 35.5. The molecule has 6 nitrogen and oxygen atoms in total. The fraction of sp³-hybridized carbons (Fsp3) is 0.308. The van der Waals surface area contributed by atoms with Gasteiger partial charge in [0.05, 0.1) is 6.54 Å². The molecule has 0 aliphatic heterocycles. The number of carbonyl (C=O) groups excluding carboxylic acids is 1. The van der Waals surface area contributed by atoms with E-state index < -0.39 is 0 Å². The molecule has 0 aliphatic rings. The first kappa shape index (κ1) is 15.6. The van der Waals surface area contributed by atoms with Gasteiger partial charge < -0.3 is 9.64 Å². The molecule has 112 valence electrons. The lowest BCUT2D eigenvalue weighted by Crippen LogP contribution is -2.31. The fourth-order valence-electron chi connectivity index (χ4n) is 1.63. The van der Waals surface area contributed by atoms with Crippen molar-refractivity contribution in [3.05, 3.63) is 40.4 Å². The lowest BCUT2D eigenvalue weighted by Gasteiger charge is -2.16. The second-order valence-electron chi connectivity index (χ2n) is 4.44. The van der Waals surface area contributed by atoms with Gasteiger partial charge in [0.2, 0.25) is 0 Å². The first-order chi connectivity index (χ1) is 9.95. The van der Waals surface area contributed by atoms with E-state index in [-0.39, 0.29) is 12.5 Å². The Hall–Kier alpha value is -1.79.